The minimum atomic E-state index is -0.609. The van der Waals surface area contributed by atoms with Gasteiger partial charge in [-0.1, -0.05) is 23.7 Å². The van der Waals surface area contributed by atoms with Gasteiger partial charge < -0.3 is 25.0 Å². The van der Waals surface area contributed by atoms with Crippen molar-refractivity contribution in [2.45, 2.75) is 6.04 Å². The SMILES string of the molecule is COC(=O)C1=C(CN2CCN(c3ccc(Cl)cc3)CC2)NC(=O)N[C@H]1c1ccc(OC)cc1. The molecule has 0 unspecified atom stereocenters. The third-order valence-electron chi connectivity index (χ3n) is 5.95. The standard InChI is InChI=1S/C24H27ClN4O4/c1-32-19-9-3-16(4-10-19)22-21(23(30)33-2)20(26-24(31)27-22)15-28-11-13-29(14-12-28)18-7-5-17(25)6-8-18/h3-10,22H,11-15H2,1-2H3,(H2,26,27,31)/t22-/m0/s1. The van der Waals surface area contributed by atoms with Crippen molar-refractivity contribution in [1.29, 1.82) is 0 Å². The third kappa shape index (κ3) is 5.23. The molecule has 174 valence electrons. The molecule has 2 heterocycles. The molecule has 1 fully saturated rings. The molecule has 0 saturated carbocycles. The van der Waals surface area contributed by atoms with E-state index in [4.69, 9.17) is 21.1 Å². The van der Waals surface area contributed by atoms with Crippen LogP contribution in [0.25, 0.3) is 0 Å². The molecule has 1 atom stereocenters. The Bertz CT molecular complexity index is 1030. The van der Waals surface area contributed by atoms with Crippen molar-refractivity contribution in [2.24, 2.45) is 0 Å². The highest BCUT2D eigenvalue weighted by molar-refractivity contribution is 6.30. The summed E-state index contributed by atoms with van der Waals surface area (Å²) in [4.78, 5) is 29.8. The molecule has 0 radical (unpaired) electrons. The summed E-state index contributed by atoms with van der Waals surface area (Å²) in [5.41, 5.74) is 2.87. The van der Waals surface area contributed by atoms with E-state index in [1.165, 1.54) is 7.11 Å². The normalized spacial score (nSPS) is 19.1. The van der Waals surface area contributed by atoms with E-state index in [0.29, 0.717) is 28.6 Å². The van der Waals surface area contributed by atoms with Crippen molar-refractivity contribution >= 4 is 29.3 Å². The molecule has 2 aromatic carbocycles. The molecular formula is C24H27ClN4O4. The first kappa shape index (κ1) is 22.9. The van der Waals surface area contributed by atoms with Crippen LogP contribution in [0.2, 0.25) is 5.02 Å². The van der Waals surface area contributed by atoms with Crippen molar-refractivity contribution < 1.29 is 19.1 Å². The van der Waals surface area contributed by atoms with Crippen LogP contribution in [0.1, 0.15) is 11.6 Å². The van der Waals surface area contributed by atoms with E-state index >= 15 is 0 Å². The van der Waals surface area contributed by atoms with Gasteiger partial charge in [0.15, 0.2) is 0 Å². The minimum Gasteiger partial charge on any atom is -0.497 e. The molecule has 0 spiro atoms. The zero-order valence-corrected chi connectivity index (χ0v) is 19.4. The summed E-state index contributed by atoms with van der Waals surface area (Å²) in [6, 6.07) is 14.1. The van der Waals surface area contributed by atoms with E-state index in [0.717, 1.165) is 37.4 Å². The molecule has 2 aliphatic heterocycles. The van der Waals surface area contributed by atoms with Gasteiger partial charge in [0.1, 0.15) is 5.75 Å². The summed E-state index contributed by atoms with van der Waals surface area (Å²) in [5, 5.41) is 6.40. The highest BCUT2D eigenvalue weighted by atomic mass is 35.5. The van der Waals surface area contributed by atoms with Gasteiger partial charge in [0.2, 0.25) is 0 Å². The quantitative estimate of drug-likeness (QED) is 0.632. The summed E-state index contributed by atoms with van der Waals surface area (Å²) in [5.74, 6) is 0.222. The van der Waals surface area contributed by atoms with Gasteiger partial charge in [0, 0.05) is 49.1 Å². The summed E-state index contributed by atoms with van der Waals surface area (Å²) < 4.78 is 10.3. The predicted octanol–water partition coefficient (Wildman–Crippen LogP) is 2.95. The monoisotopic (exact) mass is 470 g/mol. The Morgan fingerprint density at radius 3 is 2.30 bits per heavy atom. The van der Waals surface area contributed by atoms with Crippen LogP contribution < -0.4 is 20.3 Å². The Kier molecular flexibility index (Phi) is 7.05. The van der Waals surface area contributed by atoms with Gasteiger partial charge >= 0.3 is 12.0 Å². The van der Waals surface area contributed by atoms with Crippen LogP contribution in [0.4, 0.5) is 10.5 Å². The molecule has 4 rings (SSSR count). The number of benzene rings is 2. The highest BCUT2D eigenvalue weighted by Gasteiger charge is 2.34. The molecule has 0 bridgehead atoms. The Labute approximate surface area is 198 Å². The van der Waals surface area contributed by atoms with Gasteiger partial charge in [0.05, 0.1) is 25.8 Å². The fourth-order valence-corrected chi connectivity index (χ4v) is 4.31. The van der Waals surface area contributed by atoms with Crippen LogP contribution >= 0.6 is 11.6 Å². The second kappa shape index (κ2) is 10.1. The Morgan fingerprint density at radius 1 is 1.03 bits per heavy atom. The van der Waals surface area contributed by atoms with Crippen molar-refractivity contribution in [3.05, 3.63) is 70.4 Å². The van der Waals surface area contributed by atoms with Crippen LogP contribution in [0.15, 0.2) is 59.8 Å². The third-order valence-corrected chi connectivity index (χ3v) is 6.21. The number of esters is 1. The van der Waals surface area contributed by atoms with E-state index in [1.807, 2.05) is 36.4 Å². The van der Waals surface area contributed by atoms with Crippen LogP contribution in [0, 0.1) is 0 Å². The fraction of sp³-hybridized carbons (Fsp3) is 0.333. The number of piperazine rings is 1. The Hall–Kier alpha value is -3.23. The lowest BCUT2D eigenvalue weighted by Gasteiger charge is -2.38. The first-order chi connectivity index (χ1) is 16.0. The summed E-state index contributed by atoms with van der Waals surface area (Å²) in [6.45, 7) is 3.68. The number of urea groups is 1. The number of rotatable bonds is 6. The number of nitrogens with zero attached hydrogens (tertiary/aromatic N) is 2. The summed E-state index contributed by atoms with van der Waals surface area (Å²) >= 11 is 6.00. The highest BCUT2D eigenvalue weighted by Crippen LogP contribution is 2.29. The molecule has 9 heteroatoms. The largest absolute Gasteiger partial charge is 0.497 e. The average molecular weight is 471 g/mol. The Balaban J connectivity index is 1.53. The maximum Gasteiger partial charge on any atom is 0.338 e. The second-order valence-electron chi connectivity index (χ2n) is 7.93. The lowest BCUT2D eigenvalue weighted by Crippen LogP contribution is -2.51. The number of hydrogen-bond donors (Lipinski definition) is 2. The summed E-state index contributed by atoms with van der Waals surface area (Å²) in [6.07, 6.45) is 0. The van der Waals surface area contributed by atoms with E-state index in [1.54, 1.807) is 19.2 Å². The molecule has 2 aromatic rings. The number of halogens is 1. The number of anilines is 1. The lowest BCUT2D eigenvalue weighted by atomic mass is 9.95. The van der Waals surface area contributed by atoms with Crippen molar-refractivity contribution in [1.82, 2.24) is 15.5 Å². The maximum absolute atomic E-state index is 12.8. The van der Waals surface area contributed by atoms with Gasteiger partial charge in [-0.2, -0.15) is 0 Å². The topological polar surface area (TPSA) is 83.1 Å². The molecule has 0 aromatic heterocycles. The smallest absolute Gasteiger partial charge is 0.338 e. The number of carbonyl (C=O) groups excluding carboxylic acids is 2. The second-order valence-corrected chi connectivity index (χ2v) is 8.36. The first-order valence-corrected chi connectivity index (χ1v) is 11.1. The molecular weight excluding hydrogens is 444 g/mol. The van der Waals surface area contributed by atoms with Crippen LogP contribution in [0.3, 0.4) is 0 Å². The zero-order valence-electron chi connectivity index (χ0n) is 18.6. The van der Waals surface area contributed by atoms with Gasteiger partial charge in [-0.25, -0.2) is 9.59 Å². The van der Waals surface area contributed by atoms with E-state index in [-0.39, 0.29) is 6.03 Å². The lowest BCUT2D eigenvalue weighted by molar-refractivity contribution is -0.136. The van der Waals surface area contributed by atoms with Crippen LogP contribution in [-0.2, 0) is 9.53 Å². The minimum absolute atomic E-state index is 0.349. The number of hydrogen-bond acceptors (Lipinski definition) is 6. The molecule has 2 N–H and O–H groups in total. The molecule has 2 amide bonds. The number of methoxy groups -OCH3 is 2. The number of carbonyl (C=O) groups is 2. The van der Waals surface area contributed by atoms with Crippen molar-refractivity contribution in [3.63, 3.8) is 0 Å². The molecule has 2 aliphatic rings. The molecule has 0 aliphatic carbocycles. The van der Waals surface area contributed by atoms with Gasteiger partial charge in [-0.15, -0.1) is 0 Å². The molecule has 8 nitrogen and oxygen atoms in total. The van der Waals surface area contributed by atoms with Crippen molar-refractivity contribution in [2.75, 3.05) is 51.8 Å². The maximum atomic E-state index is 12.8. The Morgan fingerprint density at radius 2 is 1.70 bits per heavy atom. The van der Waals surface area contributed by atoms with E-state index in [9.17, 15) is 9.59 Å². The predicted molar refractivity (Wildman–Crippen MR) is 127 cm³/mol. The van der Waals surface area contributed by atoms with E-state index in [2.05, 4.69) is 20.4 Å². The number of nitrogens with one attached hydrogen (secondary N) is 2. The van der Waals surface area contributed by atoms with Crippen LogP contribution in [-0.4, -0.2) is 63.8 Å². The number of ether oxygens (including phenoxy) is 2. The van der Waals surface area contributed by atoms with Crippen LogP contribution in [0.5, 0.6) is 5.75 Å². The average Bonchev–Trinajstić information content (AvgIpc) is 2.84. The van der Waals surface area contributed by atoms with Gasteiger partial charge in [0.25, 0.3) is 0 Å². The summed E-state index contributed by atoms with van der Waals surface area (Å²) in [7, 11) is 2.94. The fourth-order valence-electron chi connectivity index (χ4n) is 4.18. The van der Waals surface area contributed by atoms with Gasteiger partial charge in [-0.05, 0) is 42.0 Å². The first-order valence-electron chi connectivity index (χ1n) is 10.7. The molecule has 33 heavy (non-hydrogen) atoms. The number of amides is 2. The van der Waals surface area contributed by atoms with E-state index < -0.39 is 12.0 Å². The van der Waals surface area contributed by atoms with Gasteiger partial charge in [-0.3, -0.25) is 4.90 Å². The van der Waals surface area contributed by atoms with Crippen molar-refractivity contribution in [3.8, 4) is 5.75 Å². The molecule has 1 saturated heterocycles. The zero-order chi connectivity index (χ0) is 23.4.